The molecule has 3 nitrogen and oxygen atoms in total. The van der Waals surface area contributed by atoms with E-state index in [4.69, 9.17) is 0 Å². The molecular formula is C15H17BrFN3. The minimum absolute atomic E-state index is 0.289. The molecule has 0 spiro atoms. The van der Waals surface area contributed by atoms with Crippen molar-refractivity contribution in [1.29, 1.82) is 0 Å². The van der Waals surface area contributed by atoms with Gasteiger partial charge in [0.05, 0.1) is 4.47 Å². The van der Waals surface area contributed by atoms with Crippen LogP contribution in [-0.2, 0) is 6.42 Å². The molecular weight excluding hydrogens is 321 g/mol. The predicted molar refractivity (Wildman–Crippen MR) is 83.4 cm³/mol. The minimum Gasteiger partial charge on any atom is -0.370 e. The van der Waals surface area contributed by atoms with E-state index in [1.165, 1.54) is 6.07 Å². The molecule has 0 aliphatic heterocycles. The van der Waals surface area contributed by atoms with Crippen molar-refractivity contribution in [1.82, 2.24) is 9.97 Å². The zero-order valence-electron chi connectivity index (χ0n) is 11.8. The molecule has 2 rings (SSSR count). The Kier molecular flexibility index (Phi) is 4.70. The maximum Gasteiger partial charge on any atom is 0.161 e. The van der Waals surface area contributed by atoms with Crippen molar-refractivity contribution in [3.05, 3.63) is 39.7 Å². The zero-order chi connectivity index (χ0) is 14.7. The van der Waals surface area contributed by atoms with Crippen LogP contribution < -0.4 is 5.32 Å². The van der Waals surface area contributed by atoms with Gasteiger partial charge in [-0.3, -0.25) is 0 Å². The van der Waals surface area contributed by atoms with E-state index >= 15 is 0 Å². The van der Waals surface area contributed by atoms with E-state index in [2.05, 4.69) is 38.1 Å². The minimum atomic E-state index is -0.289. The Hall–Kier alpha value is -1.49. The monoisotopic (exact) mass is 337 g/mol. The molecule has 0 saturated heterocycles. The van der Waals surface area contributed by atoms with Crippen LogP contribution in [0.1, 0.15) is 25.1 Å². The van der Waals surface area contributed by atoms with Gasteiger partial charge in [0.25, 0.3) is 0 Å². The van der Waals surface area contributed by atoms with Gasteiger partial charge in [-0.15, -0.1) is 0 Å². The Bertz CT molecular complexity index is 629. The fraction of sp³-hybridized carbons (Fsp3) is 0.333. The van der Waals surface area contributed by atoms with Crippen LogP contribution in [0.3, 0.4) is 0 Å². The normalized spacial score (nSPS) is 10.7. The second-order valence-electron chi connectivity index (χ2n) is 4.47. The number of aryl methyl sites for hydroxylation is 1. The Balaban J connectivity index is 2.54. The number of halogens is 2. The number of nitrogens with zero attached hydrogens (tertiary/aromatic N) is 2. The Labute approximate surface area is 126 Å². The molecule has 1 N–H and O–H groups in total. The topological polar surface area (TPSA) is 37.8 Å². The molecule has 5 heteroatoms. The largest absolute Gasteiger partial charge is 0.370 e. The smallest absolute Gasteiger partial charge is 0.161 e. The van der Waals surface area contributed by atoms with E-state index in [1.54, 1.807) is 12.1 Å². The molecule has 0 unspecified atom stereocenters. The van der Waals surface area contributed by atoms with Crippen molar-refractivity contribution >= 4 is 21.7 Å². The molecule has 0 aliphatic rings. The molecule has 1 aromatic heterocycles. The molecule has 0 bridgehead atoms. The van der Waals surface area contributed by atoms with Crippen LogP contribution in [0.5, 0.6) is 0 Å². The van der Waals surface area contributed by atoms with Gasteiger partial charge in [-0.25, -0.2) is 14.4 Å². The van der Waals surface area contributed by atoms with Crippen molar-refractivity contribution in [3.8, 4) is 11.4 Å². The lowest BCUT2D eigenvalue weighted by Gasteiger charge is -2.13. The fourth-order valence-electron chi connectivity index (χ4n) is 2.10. The summed E-state index contributed by atoms with van der Waals surface area (Å²) in [5.41, 5.74) is 2.87. The van der Waals surface area contributed by atoms with E-state index in [9.17, 15) is 4.39 Å². The van der Waals surface area contributed by atoms with Gasteiger partial charge in [-0.05, 0) is 54.4 Å². The number of benzene rings is 1. The highest BCUT2D eigenvalue weighted by molar-refractivity contribution is 9.10. The Morgan fingerprint density at radius 1 is 1.25 bits per heavy atom. The van der Waals surface area contributed by atoms with E-state index in [1.807, 2.05) is 13.8 Å². The number of anilines is 1. The lowest BCUT2D eigenvalue weighted by Crippen LogP contribution is -2.08. The summed E-state index contributed by atoms with van der Waals surface area (Å²) < 4.78 is 13.7. The molecule has 0 saturated carbocycles. The Morgan fingerprint density at radius 3 is 2.60 bits per heavy atom. The van der Waals surface area contributed by atoms with Gasteiger partial charge in [-0.2, -0.15) is 0 Å². The van der Waals surface area contributed by atoms with Gasteiger partial charge in [0.1, 0.15) is 11.6 Å². The summed E-state index contributed by atoms with van der Waals surface area (Å²) in [5.74, 6) is 1.18. The average Bonchev–Trinajstić information content (AvgIpc) is 2.42. The number of rotatable bonds is 4. The maximum atomic E-state index is 13.3. The van der Waals surface area contributed by atoms with Crippen molar-refractivity contribution in [3.63, 3.8) is 0 Å². The zero-order valence-corrected chi connectivity index (χ0v) is 13.4. The third-order valence-electron chi connectivity index (χ3n) is 3.09. The van der Waals surface area contributed by atoms with Crippen molar-refractivity contribution in [2.75, 3.05) is 11.9 Å². The van der Waals surface area contributed by atoms with Crippen LogP contribution in [-0.4, -0.2) is 16.5 Å². The summed E-state index contributed by atoms with van der Waals surface area (Å²) >= 11 is 3.19. The molecule has 20 heavy (non-hydrogen) atoms. The molecule has 0 radical (unpaired) electrons. The highest BCUT2D eigenvalue weighted by Gasteiger charge is 2.12. The molecule has 0 amide bonds. The summed E-state index contributed by atoms with van der Waals surface area (Å²) in [4.78, 5) is 9.10. The third-order valence-corrected chi connectivity index (χ3v) is 3.70. The van der Waals surface area contributed by atoms with Crippen LogP contribution in [0.4, 0.5) is 10.2 Å². The summed E-state index contributed by atoms with van der Waals surface area (Å²) in [5, 5.41) is 3.27. The molecule has 1 aromatic carbocycles. The standard InChI is InChI=1S/C15H17BrFN3/c1-4-11-9(3)19-14(20-15(11)18-5-2)10-6-7-13(17)12(16)8-10/h6-8H,4-5H2,1-3H3,(H,18,19,20). The van der Waals surface area contributed by atoms with Crippen LogP contribution in [0.25, 0.3) is 11.4 Å². The quantitative estimate of drug-likeness (QED) is 0.901. The van der Waals surface area contributed by atoms with Gasteiger partial charge in [0.15, 0.2) is 5.82 Å². The van der Waals surface area contributed by atoms with Crippen molar-refractivity contribution in [2.45, 2.75) is 27.2 Å². The predicted octanol–water partition coefficient (Wildman–Crippen LogP) is 4.35. The number of hydrogen-bond donors (Lipinski definition) is 1. The van der Waals surface area contributed by atoms with Crippen molar-refractivity contribution < 1.29 is 4.39 Å². The van der Waals surface area contributed by atoms with Gasteiger partial charge < -0.3 is 5.32 Å². The van der Waals surface area contributed by atoms with Gasteiger partial charge in [0.2, 0.25) is 0 Å². The first-order chi connectivity index (χ1) is 9.56. The van der Waals surface area contributed by atoms with Crippen molar-refractivity contribution in [2.24, 2.45) is 0 Å². The molecule has 0 atom stereocenters. The van der Waals surface area contributed by atoms with Crippen LogP contribution in [0, 0.1) is 12.7 Å². The summed E-state index contributed by atoms with van der Waals surface area (Å²) in [6, 6.07) is 4.81. The Morgan fingerprint density at radius 2 is 2.00 bits per heavy atom. The van der Waals surface area contributed by atoms with E-state index in [0.717, 1.165) is 35.6 Å². The summed E-state index contributed by atoms with van der Waals surface area (Å²) in [6.07, 6.45) is 0.877. The lowest BCUT2D eigenvalue weighted by atomic mass is 10.1. The summed E-state index contributed by atoms with van der Waals surface area (Å²) in [7, 11) is 0. The lowest BCUT2D eigenvalue weighted by molar-refractivity contribution is 0.621. The van der Waals surface area contributed by atoms with Gasteiger partial charge in [-0.1, -0.05) is 6.92 Å². The van der Waals surface area contributed by atoms with Gasteiger partial charge in [0, 0.05) is 23.4 Å². The fourth-order valence-corrected chi connectivity index (χ4v) is 2.48. The number of nitrogens with one attached hydrogen (secondary N) is 1. The first-order valence-electron chi connectivity index (χ1n) is 6.63. The van der Waals surface area contributed by atoms with E-state index in [-0.39, 0.29) is 5.82 Å². The van der Waals surface area contributed by atoms with E-state index in [0.29, 0.717) is 10.3 Å². The number of aromatic nitrogens is 2. The maximum absolute atomic E-state index is 13.3. The molecule has 106 valence electrons. The highest BCUT2D eigenvalue weighted by Crippen LogP contribution is 2.26. The molecule has 2 aromatic rings. The molecule has 0 aliphatic carbocycles. The first-order valence-corrected chi connectivity index (χ1v) is 7.42. The van der Waals surface area contributed by atoms with Crippen LogP contribution >= 0.6 is 15.9 Å². The first kappa shape index (κ1) is 14.9. The summed E-state index contributed by atoms with van der Waals surface area (Å²) in [6.45, 7) is 6.89. The average molecular weight is 338 g/mol. The second kappa shape index (κ2) is 6.31. The molecule has 0 fully saturated rings. The highest BCUT2D eigenvalue weighted by atomic mass is 79.9. The van der Waals surface area contributed by atoms with Crippen LogP contribution in [0.15, 0.2) is 22.7 Å². The van der Waals surface area contributed by atoms with Crippen LogP contribution in [0.2, 0.25) is 0 Å². The van der Waals surface area contributed by atoms with Gasteiger partial charge >= 0.3 is 0 Å². The molecule has 1 heterocycles. The SMILES string of the molecule is CCNc1nc(-c2ccc(F)c(Br)c2)nc(C)c1CC. The second-order valence-corrected chi connectivity index (χ2v) is 5.33. The van der Waals surface area contributed by atoms with E-state index < -0.39 is 0 Å². The number of hydrogen-bond acceptors (Lipinski definition) is 3. The third kappa shape index (κ3) is 2.98.